The molecule has 3 heterocycles. The molecule has 3 rings (SSSR count). The van der Waals surface area contributed by atoms with Crippen LogP contribution in [-0.4, -0.2) is 24.8 Å². The standard InChI is InChI=1S/C10H10BrNO3S/c1-10(2)3-13-9(12-10)7-5-6(8(11)16-7)15-4-14-5/h3-4H2,1-2H3. The number of halogens is 1. The Labute approximate surface area is 105 Å². The summed E-state index contributed by atoms with van der Waals surface area (Å²) < 4.78 is 17.3. The molecule has 2 aliphatic heterocycles. The van der Waals surface area contributed by atoms with Gasteiger partial charge in [-0.25, -0.2) is 4.99 Å². The Morgan fingerprint density at radius 2 is 2.00 bits per heavy atom. The van der Waals surface area contributed by atoms with Gasteiger partial charge in [-0.15, -0.1) is 11.3 Å². The van der Waals surface area contributed by atoms with E-state index in [2.05, 4.69) is 20.9 Å². The first-order valence-electron chi connectivity index (χ1n) is 4.88. The highest BCUT2D eigenvalue weighted by Gasteiger charge is 2.34. The van der Waals surface area contributed by atoms with Gasteiger partial charge in [0.15, 0.2) is 11.5 Å². The predicted octanol–water partition coefficient (Wildman–Crippen LogP) is 2.79. The minimum Gasteiger partial charge on any atom is -0.474 e. The van der Waals surface area contributed by atoms with Gasteiger partial charge in [0, 0.05) is 0 Å². The molecule has 0 unspecified atom stereocenters. The van der Waals surface area contributed by atoms with Crippen LogP contribution in [0.25, 0.3) is 0 Å². The molecule has 1 aromatic rings. The molecule has 0 spiro atoms. The summed E-state index contributed by atoms with van der Waals surface area (Å²) >= 11 is 4.97. The van der Waals surface area contributed by atoms with Gasteiger partial charge in [0.1, 0.15) is 15.3 Å². The molecule has 0 fully saturated rings. The van der Waals surface area contributed by atoms with Crippen LogP contribution in [0.4, 0.5) is 0 Å². The second-order valence-electron chi connectivity index (χ2n) is 4.29. The molecule has 1 aromatic heterocycles. The average molecular weight is 304 g/mol. The maximum absolute atomic E-state index is 5.60. The first-order valence-corrected chi connectivity index (χ1v) is 6.49. The van der Waals surface area contributed by atoms with E-state index in [9.17, 15) is 0 Å². The Hall–Kier alpha value is -0.750. The van der Waals surface area contributed by atoms with E-state index < -0.39 is 0 Å². The molecule has 0 amide bonds. The van der Waals surface area contributed by atoms with Gasteiger partial charge in [0.2, 0.25) is 12.7 Å². The molecule has 0 saturated heterocycles. The molecule has 0 atom stereocenters. The van der Waals surface area contributed by atoms with Crippen molar-refractivity contribution < 1.29 is 14.2 Å². The van der Waals surface area contributed by atoms with Crippen LogP contribution in [0, 0.1) is 0 Å². The Morgan fingerprint density at radius 3 is 2.69 bits per heavy atom. The highest BCUT2D eigenvalue weighted by Crippen LogP contribution is 2.49. The molecule has 16 heavy (non-hydrogen) atoms. The molecular weight excluding hydrogens is 294 g/mol. The third-order valence-electron chi connectivity index (χ3n) is 2.35. The molecule has 0 radical (unpaired) electrons. The first-order chi connectivity index (χ1) is 7.57. The highest BCUT2D eigenvalue weighted by molar-refractivity contribution is 9.11. The molecule has 6 heteroatoms. The second kappa shape index (κ2) is 3.37. The van der Waals surface area contributed by atoms with Crippen molar-refractivity contribution in [2.24, 2.45) is 4.99 Å². The van der Waals surface area contributed by atoms with Crippen molar-refractivity contribution in [1.82, 2.24) is 0 Å². The van der Waals surface area contributed by atoms with Gasteiger partial charge in [-0.3, -0.25) is 0 Å². The van der Waals surface area contributed by atoms with Crippen molar-refractivity contribution >= 4 is 33.2 Å². The quantitative estimate of drug-likeness (QED) is 0.801. The maximum atomic E-state index is 5.60. The van der Waals surface area contributed by atoms with E-state index in [4.69, 9.17) is 14.2 Å². The van der Waals surface area contributed by atoms with Gasteiger partial charge in [0.05, 0.1) is 5.54 Å². The highest BCUT2D eigenvalue weighted by atomic mass is 79.9. The fourth-order valence-electron chi connectivity index (χ4n) is 1.62. The number of fused-ring (bicyclic) bond motifs is 1. The van der Waals surface area contributed by atoms with Gasteiger partial charge in [-0.1, -0.05) is 0 Å². The fourth-order valence-corrected chi connectivity index (χ4v) is 3.26. The van der Waals surface area contributed by atoms with Crippen molar-refractivity contribution in [1.29, 1.82) is 0 Å². The van der Waals surface area contributed by atoms with Gasteiger partial charge < -0.3 is 14.2 Å². The molecular formula is C10H10BrNO3S. The summed E-state index contributed by atoms with van der Waals surface area (Å²) in [4.78, 5) is 5.44. The monoisotopic (exact) mass is 303 g/mol. The molecule has 2 aliphatic rings. The number of hydrogen-bond donors (Lipinski definition) is 0. The predicted molar refractivity (Wildman–Crippen MR) is 64.7 cm³/mol. The van der Waals surface area contributed by atoms with Crippen LogP contribution in [0.5, 0.6) is 11.5 Å². The minimum absolute atomic E-state index is 0.155. The van der Waals surface area contributed by atoms with Crippen molar-refractivity contribution in [3.63, 3.8) is 0 Å². The SMILES string of the molecule is CC1(C)COC(c2sc(Br)c3c2OCO3)=N1. The van der Waals surface area contributed by atoms with E-state index >= 15 is 0 Å². The van der Waals surface area contributed by atoms with Crippen LogP contribution in [0.2, 0.25) is 0 Å². The normalized spacial score (nSPS) is 20.8. The summed E-state index contributed by atoms with van der Waals surface area (Å²) in [7, 11) is 0. The molecule has 0 bridgehead atoms. The summed E-state index contributed by atoms with van der Waals surface area (Å²) in [6, 6.07) is 0. The van der Waals surface area contributed by atoms with E-state index in [1.165, 1.54) is 11.3 Å². The number of aliphatic imine (C=N–C) groups is 1. The van der Waals surface area contributed by atoms with Crippen molar-refractivity contribution in [2.75, 3.05) is 13.4 Å². The van der Waals surface area contributed by atoms with E-state index in [0.29, 0.717) is 12.5 Å². The maximum Gasteiger partial charge on any atom is 0.231 e. The lowest BCUT2D eigenvalue weighted by molar-refractivity contribution is 0.173. The summed E-state index contributed by atoms with van der Waals surface area (Å²) in [5.41, 5.74) is -0.155. The van der Waals surface area contributed by atoms with Crippen LogP contribution in [0.1, 0.15) is 18.7 Å². The van der Waals surface area contributed by atoms with Crippen molar-refractivity contribution in [3.8, 4) is 11.5 Å². The Morgan fingerprint density at radius 1 is 1.25 bits per heavy atom. The largest absolute Gasteiger partial charge is 0.474 e. The molecule has 86 valence electrons. The lowest BCUT2D eigenvalue weighted by atomic mass is 10.1. The average Bonchev–Trinajstić information content (AvgIpc) is 2.84. The van der Waals surface area contributed by atoms with Crippen LogP contribution in [-0.2, 0) is 4.74 Å². The van der Waals surface area contributed by atoms with E-state index in [0.717, 1.165) is 20.2 Å². The lowest BCUT2D eigenvalue weighted by Gasteiger charge is -2.07. The molecule has 0 N–H and O–H groups in total. The minimum atomic E-state index is -0.155. The van der Waals surface area contributed by atoms with Gasteiger partial charge in [0.25, 0.3) is 0 Å². The second-order valence-corrected chi connectivity index (χ2v) is 6.63. The number of nitrogens with zero attached hydrogens (tertiary/aromatic N) is 1. The van der Waals surface area contributed by atoms with Crippen LogP contribution in [0.3, 0.4) is 0 Å². The summed E-state index contributed by atoms with van der Waals surface area (Å²) in [6.07, 6.45) is 0. The smallest absolute Gasteiger partial charge is 0.231 e. The number of ether oxygens (including phenoxy) is 3. The Balaban J connectivity index is 2.06. The summed E-state index contributed by atoms with van der Waals surface area (Å²) in [5.74, 6) is 2.16. The third kappa shape index (κ3) is 1.51. The van der Waals surface area contributed by atoms with E-state index in [1.54, 1.807) is 0 Å². The van der Waals surface area contributed by atoms with Crippen LogP contribution >= 0.6 is 27.3 Å². The Kier molecular flexibility index (Phi) is 2.19. The number of thiophene rings is 1. The zero-order valence-electron chi connectivity index (χ0n) is 8.87. The molecule has 0 aliphatic carbocycles. The number of hydrogen-bond acceptors (Lipinski definition) is 5. The van der Waals surface area contributed by atoms with Gasteiger partial charge in [-0.05, 0) is 29.8 Å². The summed E-state index contributed by atoms with van der Waals surface area (Å²) in [6.45, 7) is 4.95. The zero-order chi connectivity index (χ0) is 11.3. The lowest BCUT2D eigenvalue weighted by Crippen LogP contribution is -2.17. The molecule has 0 aromatic carbocycles. The van der Waals surface area contributed by atoms with Crippen molar-refractivity contribution in [3.05, 3.63) is 8.66 Å². The van der Waals surface area contributed by atoms with Crippen LogP contribution < -0.4 is 9.47 Å². The fraction of sp³-hybridized carbons (Fsp3) is 0.500. The summed E-state index contributed by atoms with van der Waals surface area (Å²) in [5, 5.41) is 0. The van der Waals surface area contributed by atoms with E-state index in [-0.39, 0.29) is 12.3 Å². The number of rotatable bonds is 1. The first kappa shape index (κ1) is 10.4. The van der Waals surface area contributed by atoms with Crippen molar-refractivity contribution in [2.45, 2.75) is 19.4 Å². The van der Waals surface area contributed by atoms with Gasteiger partial charge in [-0.2, -0.15) is 0 Å². The molecule has 0 saturated carbocycles. The van der Waals surface area contributed by atoms with E-state index in [1.807, 2.05) is 13.8 Å². The Bertz CT molecular complexity index is 481. The molecule has 4 nitrogen and oxygen atoms in total. The van der Waals surface area contributed by atoms with Crippen LogP contribution in [0.15, 0.2) is 8.78 Å². The topological polar surface area (TPSA) is 40.0 Å². The zero-order valence-corrected chi connectivity index (χ0v) is 11.3. The third-order valence-corrected chi connectivity index (χ3v) is 4.12. The van der Waals surface area contributed by atoms with Gasteiger partial charge >= 0.3 is 0 Å².